The number of benzene rings is 2. The Morgan fingerprint density at radius 3 is 2.44 bits per heavy atom. The minimum atomic E-state index is -0.784. The average Bonchev–Trinajstić information content (AvgIpc) is 3.28. The first kappa shape index (κ1) is 26.5. The van der Waals surface area contributed by atoms with Crippen molar-refractivity contribution < 1.29 is 19.7 Å². The maximum Gasteiger partial charge on any atom is 0.133 e. The molecule has 7 nitrogen and oxygen atoms in total. The normalized spacial score (nSPS) is 13.5. The smallest absolute Gasteiger partial charge is 0.133 e. The molecule has 2 aromatic carbocycles. The van der Waals surface area contributed by atoms with Crippen LogP contribution < -0.4 is 9.47 Å². The van der Waals surface area contributed by atoms with Gasteiger partial charge in [0.05, 0.1) is 36.1 Å². The highest BCUT2D eigenvalue weighted by atomic mass is 79.9. The van der Waals surface area contributed by atoms with Gasteiger partial charge in [-0.1, -0.05) is 44.2 Å². The second-order valence-corrected chi connectivity index (χ2v) is 10.1. The maximum absolute atomic E-state index is 10.2. The Balaban J connectivity index is 1.61. The van der Waals surface area contributed by atoms with E-state index in [1.54, 1.807) is 0 Å². The van der Waals surface area contributed by atoms with E-state index in [9.17, 15) is 10.2 Å². The van der Waals surface area contributed by atoms with Gasteiger partial charge >= 0.3 is 0 Å². The van der Waals surface area contributed by atoms with Gasteiger partial charge in [-0.25, -0.2) is 4.68 Å². The largest absolute Gasteiger partial charge is 0.492 e. The zero-order chi connectivity index (χ0) is 24.7. The summed E-state index contributed by atoms with van der Waals surface area (Å²) in [7, 11) is 0. The maximum atomic E-state index is 10.2. The first-order valence-corrected chi connectivity index (χ1v) is 12.5. The van der Waals surface area contributed by atoms with Crippen molar-refractivity contribution in [2.24, 2.45) is 5.92 Å². The van der Waals surface area contributed by atoms with Crippen molar-refractivity contribution in [1.82, 2.24) is 15.0 Å². The lowest BCUT2D eigenvalue weighted by atomic mass is 9.78. The molecule has 0 bridgehead atoms. The number of nitrogens with zero attached hydrogens (tertiary/aromatic N) is 3. The molecule has 0 amide bonds. The standard InChI is InChI=1S/C25H31BrClN3O4/c1-17(11-27)15-34-24-9-6-19(10-23(24)26)25(2,3)18-4-7-22(8-5-18)33-16-21(32)13-30-20(14-31)12-28-29-30/h4-10,12,17,21,31-32H,11,13-16H2,1-3H3/t17-,21+/m1/s1. The first-order valence-electron chi connectivity index (χ1n) is 11.1. The van der Waals surface area contributed by atoms with Crippen LogP contribution in [-0.4, -0.2) is 50.4 Å². The summed E-state index contributed by atoms with van der Waals surface area (Å²) in [5, 5.41) is 27.1. The Bertz CT molecular complexity index is 1060. The molecule has 0 saturated heterocycles. The molecule has 0 radical (unpaired) electrons. The molecular weight excluding hydrogens is 522 g/mol. The van der Waals surface area contributed by atoms with Crippen molar-refractivity contribution in [3.05, 3.63) is 70.0 Å². The van der Waals surface area contributed by atoms with Crippen molar-refractivity contribution in [3.63, 3.8) is 0 Å². The molecule has 3 rings (SSSR count). The van der Waals surface area contributed by atoms with Crippen LogP contribution in [0.25, 0.3) is 0 Å². The Hall–Kier alpha value is -2.13. The van der Waals surface area contributed by atoms with Gasteiger partial charge in [0.1, 0.15) is 24.2 Å². The average molecular weight is 553 g/mol. The summed E-state index contributed by atoms with van der Waals surface area (Å²) in [6.07, 6.45) is 0.684. The fourth-order valence-electron chi connectivity index (χ4n) is 3.42. The van der Waals surface area contributed by atoms with Crippen molar-refractivity contribution >= 4 is 27.5 Å². The molecule has 184 valence electrons. The van der Waals surface area contributed by atoms with Crippen LogP contribution >= 0.6 is 27.5 Å². The molecular formula is C25H31BrClN3O4. The summed E-state index contributed by atoms with van der Waals surface area (Å²) in [5.41, 5.74) is 2.58. The Morgan fingerprint density at radius 2 is 1.79 bits per heavy atom. The fourth-order valence-corrected chi connectivity index (χ4v) is 4.00. The topological polar surface area (TPSA) is 89.6 Å². The van der Waals surface area contributed by atoms with Crippen LogP contribution in [0.15, 0.2) is 53.1 Å². The molecule has 2 N–H and O–H groups in total. The zero-order valence-corrected chi connectivity index (χ0v) is 22.0. The Morgan fingerprint density at radius 1 is 1.09 bits per heavy atom. The lowest BCUT2D eigenvalue weighted by Gasteiger charge is -2.27. The number of rotatable bonds is 12. The number of halogens is 2. The van der Waals surface area contributed by atoms with E-state index < -0.39 is 6.10 Å². The van der Waals surface area contributed by atoms with E-state index in [4.69, 9.17) is 21.1 Å². The first-order chi connectivity index (χ1) is 16.2. The summed E-state index contributed by atoms with van der Waals surface area (Å²) in [6.45, 7) is 7.07. The number of aliphatic hydroxyl groups excluding tert-OH is 2. The number of hydrogen-bond acceptors (Lipinski definition) is 6. The fraction of sp³-hybridized carbons (Fsp3) is 0.440. The summed E-state index contributed by atoms with van der Waals surface area (Å²) in [5.74, 6) is 2.31. The predicted molar refractivity (Wildman–Crippen MR) is 136 cm³/mol. The van der Waals surface area contributed by atoms with Gasteiger partial charge in [0.15, 0.2) is 0 Å². The van der Waals surface area contributed by atoms with Crippen LogP contribution in [0, 0.1) is 5.92 Å². The van der Waals surface area contributed by atoms with E-state index in [0.29, 0.717) is 23.9 Å². The summed E-state index contributed by atoms with van der Waals surface area (Å²) in [6, 6.07) is 14.0. The molecule has 1 heterocycles. The molecule has 0 aliphatic carbocycles. The van der Waals surface area contributed by atoms with Crippen LogP contribution in [0.1, 0.15) is 37.6 Å². The van der Waals surface area contributed by atoms with Gasteiger partial charge in [-0.05, 0) is 51.3 Å². The van der Waals surface area contributed by atoms with Crippen LogP contribution in [0.3, 0.4) is 0 Å². The van der Waals surface area contributed by atoms with Crippen LogP contribution in [-0.2, 0) is 18.6 Å². The summed E-state index contributed by atoms with van der Waals surface area (Å²) >= 11 is 9.50. The van der Waals surface area contributed by atoms with Gasteiger partial charge in [0.2, 0.25) is 0 Å². The third-order valence-corrected chi connectivity index (χ3v) is 6.85. The van der Waals surface area contributed by atoms with Gasteiger partial charge in [-0.2, -0.15) is 0 Å². The second kappa shape index (κ2) is 12.0. The third kappa shape index (κ3) is 6.72. The molecule has 0 saturated carbocycles. The lowest BCUT2D eigenvalue weighted by molar-refractivity contribution is 0.0866. The van der Waals surface area contributed by atoms with Crippen molar-refractivity contribution in [1.29, 1.82) is 0 Å². The number of hydrogen-bond donors (Lipinski definition) is 2. The van der Waals surface area contributed by atoms with Crippen LogP contribution in [0.5, 0.6) is 11.5 Å². The molecule has 0 fully saturated rings. The SMILES string of the molecule is C[C@H](CCl)COc1ccc(C(C)(C)c2ccc(OC[C@@H](O)Cn3nncc3CO)cc2)cc1Br. The second-order valence-electron chi connectivity index (χ2n) is 8.90. The van der Waals surface area contributed by atoms with E-state index in [0.717, 1.165) is 21.3 Å². The molecule has 34 heavy (non-hydrogen) atoms. The molecule has 3 aromatic rings. The molecule has 9 heteroatoms. The minimum Gasteiger partial charge on any atom is -0.492 e. The number of alkyl halides is 1. The monoisotopic (exact) mass is 551 g/mol. The summed E-state index contributed by atoms with van der Waals surface area (Å²) < 4.78 is 14.0. The molecule has 0 aliphatic heterocycles. The molecule has 1 aromatic heterocycles. The van der Waals surface area contributed by atoms with Gasteiger partial charge in [-0.15, -0.1) is 16.7 Å². The van der Waals surface area contributed by atoms with Gasteiger partial charge in [0, 0.05) is 17.2 Å². The third-order valence-electron chi connectivity index (χ3n) is 5.70. The molecule has 0 unspecified atom stereocenters. The highest BCUT2D eigenvalue weighted by Crippen LogP contribution is 2.36. The van der Waals surface area contributed by atoms with Crippen molar-refractivity contribution in [2.45, 2.75) is 45.4 Å². The van der Waals surface area contributed by atoms with Crippen LogP contribution in [0.4, 0.5) is 0 Å². The molecule has 0 aliphatic rings. The highest BCUT2D eigenvalue weighted by molar-refractivity contribution is 9.10. The lowest BCUT2D eigenvalue weighted by Crippen LogP contribution is -2.25. The van der Waals surface area contributed by atoms with Gasteiger partial charge in [-0.3, -0.25) is 0 Å². The van der Waals surface area contributed by atoms with Crippen LogP contribution in [0.2, 0.25) is 0 Å². The Kier molecular flexibility index (Phi) is 9.36. The molecule has 2 atom stereocenters. The van der Waals surface area contributed by atoms with E-state index in [1.807, 2.05) is 30.3 Å². The highest BCUT2D eigenvalue weighted by Gasteiger charge is 2.24. The number of aromatic nitrogens is 3. The van der Waals surface area contributed by atoms with E-state index in [-0.39, 0.29) is 31.1 Å². The van der Waals surface area contributed by atoms with Crippen molar-refractivity contribution in [3.8, 4) is 11.5 Å². The number of ether oxygens (including phenoxy) is 2. The van der Waals surface area contributed by atoms with E-state index >= 15 is 0 Å². The Labute approximate surface area is 213 Å². The summed E-state index contributed by atoms with van der Waals surface area (Å²) in [4.78, 5) is 0. The number of aliphatic hydroxyl groups is 2. The quantitative estimate of drug-likeness (QED) is 0.321. The van der Waals surface area contributed by atoms with Gasteiger partial charge in [0.25, 0.3) is 0 Å². The van der Waals surface area contributed by atoms with Crippen molar-refractivity contribution in [2.75, 3.05) is 19.1 Å². The van der Waals surface area contributed by atoms with E-state index in [2.05, 4.69) is 59.1 Å². The van der Waals surface area contributed by atoms with E-state index in [1.165, 1.54) is 10.9 Å². The molecule has 0 spiro atoms. The predicted octanol–water partition coefficient (Wildman–Crippen LogP) is 4.55. The zero-order valence-electron chi connectivity index (χ0n) is 19.6. The van der Waals surface area contributed by atoms with Gasteiger partial charge < -0.3 is 19.7 Å². The minimum absolute atomic E-state index is 0.101.